The molecule has 0 fully saturated rings. The molecule has 1 rings (SSSR count). The summed E-state index contributed by atoms with van der Waals surface area (Å²) in [6.07, 6.45) is -2.92. The number of carbonyl (C=O) groups is 1. The highest BCUT2D eigenvalue weighted by Crippen LogP contribution is 2.26. The van der Waals surface area contributed by atoms with E-state index in [0.29, 0.717) is 0 Å². The molecule has 1 aromatic heterocycles. The fourth-order valence-electron chi connectivity index (χ4n) is 1.32. The number of aromatic nitrogens is 1. The first-order valence-corrected chi connectivity index (χ1v) is 4.99. The number of nitrogens with zero attached hydrogens (tertiary/aromatic N) is 2. The number of halogens is 2. The van der Waals surface area contributed by atoms with Gasteiger partial charge < -0.3 is 4.74 Å². The van der Waals surface area contributed by atoms with Gasteiger partial charge in [-0.25, -0.2) is 18.6 Å². The second kappa shape index (κ2) is 5.48. The molecule has 0 saturated carbocycles. The van der Waals surface area contributed by atoms with Crippen molar-refractivity contribution < 1.29 is 23.2 Å². The van der Waals surface area contributed by atoms with Gasteiger partial charge in [0.05, 0.1) is 11.5 Å². The molecule has 0 amide bonds. The van der Waals surface area contributed by atoms with E-state index in [-0.39, 0.29) is 12.2 Å². The Morgan fingerprint density at radius 3 is 2.67 bits per heavy atom. The number of rotatable bonds is 4. The van der Waals surface area contributed by atoms with Gasteiger partial charge in [-0.3, -0.25) is 10.1 Å². The molecule has 0 aliphatic rings. The van der Waals surface area contributed by atoms with Crippen molar-refractivity contribution >= 4 is 11.7 Å². The van der Waals surface area contributed by atoms with Crippen LogP contribution in [0.3, 0.4) is 0 Å². The van der Waals surface area contributed by atoms with Crippen LogP contribution in [0.25, 0.3) is 0 Å². The molecule has 0 atom stereocenters. The molecule has 0 bridgehead atoms. The maximum atomic E-state index is 12.6. The quantitative estimate of drug-likeness (QED) is 0.471. The van der Waals surface area contributed by atoms with Crippen LogP contribution in [-0.4, -0.2) is 22.5 Å². The first-order valence-electron chi connectivity index (χ1n) is 4.99. The summed E-state index contributed by atoms with van der Waals surface area (Å²) in [5.41, 5.74) is -2.06. The summed E-state index contributed by atoms with van der Waals surface area (Å²) >= 11 is 0. The van der Waals surface area contributed by atoms with Crippen LogP contribution in [0.4, 0.5) is 14.5 Å². The summed E-state index contributed by atoms with van der Waals surface area (Å²) in [5, 5.41) is 10.7. The largest absolute Gasteiger partial charge is 0.461 e. The van der Waals surface area contributed by atoms with Crippen molar-refractivity contribution in [2.45, 2.75) is 20.3 Å². The van der Waals surface area contributed by atoms with Crippen molar-refractivity contribution in [2.24, 2.45) is 0 Å². The van der Waals surface area contributed by atoms with E-state index in [9.17, 15) is 23.7 Å². The molecule has 8 heteroatoms. The Balaban J connectivity index is 3.40. The predicted octanol–water partition coefficient (Wildman–Crippen LogP) is 2.41. The van der Waals surface area contributed by atoms with Gasteiger partial charge in [-0.2, -0.15) is 0 Å². The van der Waals surface area contributed by atoms with E-state index < -0.39 is 34.4 Å². The standard InChI is InChI=1S/C10H10F2N2O4/c1-3-18-10(15)8-6(14(16)17)4-5(2)7(13-8)9(11)12/h4,9H,3H2,1-2H3. The third kappa shape index (κ3) is 2.76. The molecule has 1 heterocycles. The van der Waals surface area contributed by atoms with Gasteiger partial charge in [-0.1, -0.05) is 0 Å². The smallest absolute Gasteiger partial charge is 0.364 e. The normalized spacial score (nSPS) is 10.5. The number of esters is 1. The van der Waals surface area contributed by atoms with Gasteiger partial charge in [-0.05, 0) is 19.4 Å². The van der Waals surface area contributed by atoms with Crippen LogP contribution in [0.2, 0.25) is 0 Å². The Morgan fingerprint density at radius 1 is 1.61 bits per heavy atom. The minimum Gasteiger partial charge on any atom is -0.461 e. The molecule has 0 aliphatic carbocycles. The second-order valence-corrected chi connectivity index (χ2v) is 3.34. The van der Waals surface area contributed by atoms with Crippen molar-refractivity contribution in [3.05, 3.63) is 33.1 Å². The Morgan fingerprint density at radius 2 is 2.22 bits per heavy atom. The van der Waals surface area contributed by atoms with E-state index >= 15 is 0 Å². The predicted molar refractivity (Wildman–Crippen MR) is 56.5 cm³/mol. The maximum absolute atomic E-state index is 12.6. The summed E-state index contributed by atoms with van der Waals surface area (Å²) in [6, 6.07) is 0.890. The molecular formula is C10H10F2N2O4. The Bertz CT molecular complexity index is 491. The van der Waals surface area contributed by atoms with Crippen molar-refractivity contribution in [1.82, 2.24) is 4.98 Å². The number of carbonyl (C=O) groups excluding carboxylic acids is 1. The zero-order valence-corrected chi connectivity index (χ0v) is 9.65. The maximum Gasteiger partial charge on any atom is 0.364 e. The number of alkyl halides is 2. The summed E-state index contributed by atoms with van der Waals surface area (Å²) in [7, 11) is 0. The lowest BCUT2D eigenvalue weighted by atomic mass is 10.1. The molecule has 0 aromatic carbocycles. The van der Waals surface area contributed by atoms with Crippen LogP contribution in [0.1, 0.15) is 35.1 Å². The number of nitro groups is 1. The SMILES string of the molecule is CCOC(=O)c1nc(C(F)F)c(C)cc1[N+](=O)[O-]. The van der Waals surface area contributed by atoms with Crippen LogP contribution in [0.15, 0.2) is 6.07 Å². The van der Waals surface area contributed by atoms with Gasteiger partial charge in [0.1, 0.15) is 5.69 Å². The molecular weight excluding hydrogens is 250 g/mol. The highest BCUT2D eigenvalue weighted by Gasteiger charge is 2.27. The Kier molecular flexibility index (Phi) is 4.24. The van der Waals surface area contributed by atoms with Crippen molar-refractivity contribution in [2.75, 3.05) is 6.61 Å². The lowest BCUT2D eigenvalue weighted by Crippen LogP contribution is -2.13. The molecule has 0 spiro atoms. The number of aryl methyl sites for hydroxylation is 1. The summed E-state index contributed by atoms with van der Waals surface area (Å²) in [5.74, 6) is -1.09. The van der Waals surface area contributed by atoms with Crippen LogP contribution >= 0.6 is 0 Å². The molecule has 0 radical (unpaired) electrons. The minimum absolute atomic E-state index is 0.0322. The van der Waals surface area contributed by atoms with Crippen LogP contribution < -0.4 is 0 Å². The molecule has 0 saturated heterocycles. The second-order valence-electron chi connectivity index (χ2n) is 3.34. The number of pyridine rings is 1. The average molecular weight is 260 g/mol. The van der Waals surface area contributed by atoms with E-state index in [1.807, 2.05) is 0 Å². The fourth-order valence-corrected chi connectivity index (χ4v) is 1.32. The monoisotopic (exact) mass is 260 g/mol. The van der Waals surface area contributed by atoms with Crippen LogP contribution in [0, 0.1) is 17.0 Å². The molecule has 6 nitrogen and oxygen atoms in total. The zero-order valence-electron chi connectivity index (χ0n) is 9.65. The van der Waals surface area contributed by atoms with E-state index in [1.165, 1.54) is 13.8 Å². The molecule has 18 heavy (non-hydrogen) atoms. The van der Waals surface area contributed by atoms with E-state index in [0.717, 1.165) is 6.07 Å². The topological polar surface area (TPSA) is 82.3 Å². The minimum atomic E-state index is -2.92. The lowest BCUT2D eigenvalue weighted by Gasteiger charge is -2.07. The van der Waals surface area contributed by atoms with Gasteiger partial charge >= 0.3 is 11.7 Å². The Hall–Kier alpha value is -2.12. The van der Waals surface area contributed by atoms with Gasteiger partial charge in [0.2, 0.25) is 5.69 Å². The van der Waals surface area contributed by atoms with E-state index in [1.54, 1.807) is 0 Å². The summed E-state index contributed by atoms with van der Waals surface area (Å²) in [4.78, 5) is 24.6. The highest BCUT2D eigenvalue weighted by molar-refractivity contribution is 5.91. The van der Waals surface area contributed by atoms with Crippen molar-refractivity contribution in [3.63, 3.8) is 0 Å². The average Bonchev–Trinajstić information content (AvgIpc) is 2.28. The molecule has 0 aliphatic heterocycles. The van der Waals surface area contributed by atoms with Crippen molar-refractivity contribution in [1.29, 1.82) is 0 Å². The van der Waals surface area contributed by atoms with Crippen LogP contribution in [0.5, 0.6) is 0 Å². The van der Waals surface area contributed by atoms with Crippen LogP contribution in [-0.2, 0) is 4.74 Å². The molecule has 0 N–H and O–H groups in total. The van der Waals surface area contributed by atoms with Gasteiger partial charge in [0.25, 0.3) is 6.43 Å². The number of hydrogen-bond acceptors (Lipinski definition) is 5. The van der Waals surface area contributed by atoms with Gasteiger partial charge in [-0.15, -0.1) is 0 Å². The Labute approximate surface area is 101 Å². The van der Waals surface area contributed by atoms with Gasteiger partial charge in [0.15, 0.2) is 0 Å². The molecule has 98 valence electrons. The molecule has 1 aromatic rings. The summed E-state index contributed by atoms with van der Waals surface area (Å²) < 4.78 is 29.8. The first kappa shape index (κ1) is 13.9. The third-order valence-corrected chi connectivity index (χ3v) is 2.10. The summed E-state index contributed by atoms with van der Waals surface area (Å²) in [6.45, 7) is 2.72. The number of ether oxygens (including phenoxy) is 1. The van der Waals surface area contributed by atoms with E-state index in [4.69, 9.17) is 0 Å². The van der Waals surface area contributed by atoms with Gasteiger partial charge in [0, 0.05) is 6.07 Å². The lowest BCUT2D eigenvalue weighted by molar-refractivity contribution is -0.385. The van der Waals surface area contributed by atoms with E-state index in [2.05, 4.69) is 9.72 Å². The highest BCUT2D eigenvalue weighted by atomic mass is 19.3. The third-order valence-electron chi connectivity index (χ3n) is 2.10. The fraction of sp³-hybridized carbons (Fsp3) is 0.400. The van der Waals surface area contributed by atoms with Crippen molar-refractivity contribution in [3.8, 4) is 0 Å². The zero-order chi connectivity index (χ0) is 13.9. The molecule has 0 unspecified atom stereocenters. The first-order chi connectivity index (χ1) is 8.38. The number of hydrogen-bond donors (Lipinski definition) is 0.